The Morgan fingerprint density at radius 1 is 1.26 bits per heavy atom. The molecule has 3 rings (SSSR count). The number of hydrogen-bond donors (Lipinski definition) is 2. The lowest BCUT2D eigenvalue weighted by Gasteiger charge is -2.07. The minimum atomic E-state index is 0.373. The van der Waals surface area contributed by atoms with Gasteiger partial charge in [-0.3, -0.25) is 5.41 Å². The summed E-state index contributed by atoms with van der Waals surface area (Å²) in [5.41, 5.74) is 2.67. The van der Waals surface area contributed by atoms with Crippen LogP contribution in [-0.2, 0) is 6.54 Å². The monoisotopic (exact) mass is 255 g/mol. The molecule has 0 spiro atoms. The normalized spacial score (nSPS) is 10.8. The summed E-state index contributed by atoms with van der Waals surface area (Å²) in [5, 5.41) is 8.11. The maximum Gasteiger partial charge on any atom is 0.182 e. The summed E-state index contributed by atoms with van der Waals surface area (Å²) in [7, 11) is 1.64. The number of ether oxygens (including phenoxy) is 1. The van der Waals surface area contributed by atoms with Gasteiger partial charge in [0.2, 0.25) is 0 Å². The quantitative estimate of drug-likeness (QED) is 0.740. The van der Waals surface area contributed by atoms with Crippen molar-refractivity contribution in [2.75, 3.05) is 7.11 Å². The molecule has 6 heteroatoms. The average molecular weight is 255 g/mol. The van der Waals surface area contributed by atoms with Crippen LogP contribution in [0.3, 0.4) is 0 Å². The topological polar surface area (TPSA) is 79.6 Å². The van der Waals surface area contributed by atoms with Crippen molar-refractivity contribution in [2.24, 2.45) is 0 Å². The summed E-state index contributed by atoms with van der Waals surface area (Å²) in [6.45, 7) is 0.588. The van der Waals surface area contributed by atoms with Gasteiger partial charge in [0.1, 0.15) is 11.3 Å². The van der Waals surface area contributed by atoms with Gasteiger partial charge in [0.15, 0.2) is 11.1 Å². The van der Waals surface area contributed by atoms with Crippen molar-refractivity contribution in [1.82, 2.24) is 19.5 Å². The summed E-state index contributed by atoms with van der Waals surface area (Å²) in [4.78, 5) is 11.2. The molecular weight excluding hydrogens is 242 g/mol. The van der Waals surface area contributed by atoms with Gasteiger partial charge in [0.25, 0.3) is 0 Å². The Kier molecular flexibility index (Phi) is 2.75. The number of H-pyrrole nitrogens is 1. The van der Waals surface area contributed by atoms with E-state index in [0.29, 0.717) is 23.2 Å². The van der Waals surface area contributed by atoms with E-state index in [1.54, 1.807) is 24.3 Å². The van der Waals surface area contributed by atoms with Crippen LogP contribution in [0.1, 0.15) is 5.56 Å². The molecule has 0 saturated heterocycles. The molecule has 2 N–H and O–H groups in total. The zero-order chi connectivity index (χ0) is 13.2. The average Bonchev–Trinajstić information content (AvgIpc) is 2.92. The van der Waals surface area contributed by atoms with Crippen molar-refractivity contribution in [3.05, 3.63) is 48.0 Å². The van der Waals surface area contributed by atoms with Gasteiger partial charge in [0, 0.05) is 0 Å². The second-order valence-electron chi connectivity index (χ2n) is 4.17. The second-order valence-corrected chi connectivity index (χ2v) is 4.17. The molecule has 0 unspecified atom stereocenters. The number of nitrogens with zero attached hydrogens (tertiary/aromatic N) is 3. The van der Waals surface area contributed by atoms with Gasteiger partial charge >= 0.3 is 0 Å². The highest BCUT2D eigenvalue weighted by molar-refractivity contribution is 5.67. The number of aromatic nitrogens is 4. The highest BCUT2D eigenvalue weighted by Crippen LogP contribution is 2.11. The van der Waals surface area contributed by atoms with Crippen molar-refractivity contribution in [2.45, 2.75) is 6.54 Å². The fourth-order valence-electron chi connectivity index (χ4n) is 1.93. The number of nitrogens with one attached hydrogen (secondary N) is 2. The molecule has 1 aromatic carbocycles. The van der Waals surface area contributed by atoms with Crippen LogP contribution in [0, 0.1) is 5.41 Å². The first-order valence-corrected chi connectivity index (χ1v) is 5.84. The van der Waals surface area contributed by atoms with Gasteiger partial charge in [-0.05, 0) is 17.7 Å². The third kappa shape index (κ3) is 2.08. The molecule has 0 atom stereocenters. The Bertz CT molecular complexity index is 757. The highest BCUT2D eigenvalue weighted by Gasteiger charge is 2.03. The number of benzene rings is 1. The van der Waals surface area contributed by atoms with Gasteiger partial charge < -0.3 is 14.3 Å². The first-order chi connectivity index (χ1) is 9.28. The summed E-state index contributed by atoms with van der Waals surface area (Å²) >= 11 is 0. The van der Waals surface area contributed by atoms with E-state index in [0.717, 1.165) is 11.3 Å². The van der Waals surface area contributed by atoms with Crippen molar-refractivity contribution >= 4 is 11.2 Å². The molecule has 0 aliphatic heterocycles. The first kappa shape index (κ1) is 11.5. The van der Waals surface area contributed by atoms with E-state index in [1.807, 2.05) is 24.3 Å². The van der Waals surface area contributed by atoms with Gasteiger partial charge in [-0.2, -0.15) is 0 Å². The molecule has 0 bridgehead atoms. The number of hydrogen-bond acceptors (Lipinski definition) is 4. The van der Waals surface area contributed by atoms with E-state index in [-0.39, 0.29) is 0 Å². The van der Waals surface area contributed by atoms with Crippen molar-refractivity contribution in [3.8, 4) is 5.75 Å². The van der Waals surface area contributed by atoms with E-state index < -0.39 is 0 Å². The number of methoxy groups -OCH3 is 1. The van der Waals surface area contributed by atoms with E-state index in [2.05, 4.69) is 15.0 Å². The Hall–Kier alpha value is -2.63. The Labute approximate surface area is 109 Å². The fraction of sp³-hybridized carbons (Fsp3) is 0.154. The molecule has 2 heterocycles. The maximum atomic E-state index is 8.11. The lowest BCUT2D eigenvalue weighted by molar-refractivity contribution is 0.414. The van der Waals surface area contributed by atoms with Gasteiger partial charge in [0.05, 0.1) is 26.3 Å². The Balaban J connectivity index is 1.95. The zero-order valence-electron chi connectivity index (χ0n) is 10.4. The minimum absolute atomic E-state index is 0.373. The molecule has 0 fully saturated rings. The predicted molar refractivity (Wildman–Crippen MR) is 69.8 cm³/mol. The molecule has 6 nitrogen and oxygen atoms in total. The van der Waals surface area contributed by atoms with Crippen molar-refractivity contribution in [3.63, 3.8) is 0 Å². The summed E-state index contributed by atoms with van der Waals surface area (Å²) in [6, 6.07) is 7.76. The van der Waals surface area contributed by atoms with Crippen LogP contribution in [0.4, 0.5) is 0 Å². The lowest BCUT2D eigenvalue weighted by Crippen LogP contribution is -2.21. The number of fused-ring (bicyclic) bond motifs is 1. The largest absolute Gasteiger partial charge is 0.497 e. The lowest BCUT2D eigenvalue weighted by atomic mass is 10.2. The van der Waals surface area contributed by atoms with E-state index >= 15 is 0 Å². The third-order valence-corrected chi connectivity index (χ3v) is 2.97. The van der Waals surface area contributed by atoms with Crippen LogP contribution in [0.15, 0.2) is 36.9 Å². The molecule has 0 radical (unpaired) electrons. The SMILES string of the molecule is COc1ccc(Cn2cnc3nc[nH]c3c2=N)cc1. The van der Waals surface area contributed by atoms with Crippen LogP contribution < -0.4 is 10.2 Å². The summed E-state index contributed by atoms with van der Waals surface area (Å²) in [5.74, 6) is 0.821. The Morgan fingerprint density at radius 3 is 2.79 bits per heavy atom. The van der Waals surface area contributed by atoms with Crippen LogP contribution in [0.5, 0.6) is 5.75 Å². The first-order valence-electron chi connectivity index (χ1n) is 5.84. The molecule has 0 amide bonds. The molecular formula is C13H13N5O. The van der Waals surface area contributed by atoms with Crippen LogP contribution in [0.25, 0.3) is 11.2 Å². The van der Waals surface area contributed by atoms with Crippen molar-refractivity contribution < 1.29 is 4.74 Å². The number of aromatic amines is 1. The van der Waals surface area contributed by atoms with Crippen LogP contribution >= 0.6 is 0 Å². The highest BCUT2D eigenvalue weighted by atomic mass is 16.5. The van der Waals surface area contributed by atoms with E-state index in [1.165, 1.54) is 0 Å². The molecule has 96 valence electrons. The van der Waals surface area contributed by atoms with E-state index in [9.17, 15) is 0 Å². The predicted octanol–water partition coefficient (Wildman–Crippen LogP) is 1.30. The Morgan fingerprint density at radius 2 is 2.05 bits per heavy atom. The zero-order valence-corrected chi connectivity index (χ0v) is 10.4. The summed E-state index contributed by atoms with van der Waals surface area (Å²) in [6.07, 6.45) is 3.18. The smallest absolute Gasteiger partial charge is 0.182 e. The molecule has 0 saturated carbocycles. The minimum Gasteiger partial charge on any atom is -0.497 e. The van der Waals surface area contributed by atoms with Crippen LogP contribution in [0.2, 0.25) is 0 Å². The molecule has 19 heavy (non-hydrogen) atoms. The third-order valence-electron chi connectivity index (χ3n) is 2.97. The number of imidazole rings is 1. The maximum absolute atomic E-state index is 8.11. The van der Waals surface area contributed by atoms with Crippen molar-refractivity contribution in [1.29, 1.82) is 5.41 Å². The molecule has 2 aromatic heterocycles. The van der Waals surface area contributed by atoms with Gasteiger partial charge in [-0.15, -0.1) is 0 Å². The van der Waals surface area contributed by atoms with Gasteiger partial charge in [-0.25, -0.2) is 9.97 Å². The van der Waals surface area contributed by atoms with E-state index in [4.69, 9.17) is 10.1 Å². The van der Waals surface area contributed by atoms with Gasteiger partial charge in [-0.1, -0.05) is 12.1 Å². The fourth-order valence-corrected chi connectivity index (χ4v) is 1.93. The number of rotatable bonds is 3. The van der Waals surface area contributed by atoms with Crippen LogP contribution in [-0.4, -0.2) is 26.6 Å². The second kappa shape index (κ2) is 4.56. The molecule has 0 aliphatic carbocycles. The molecule has 3 aromatic rings. The standard InChI is InChI=1S/C13H13N5O/c1-19-10-4-2-9(3-5-10)6-18-8-17-13-11(12(18)14)15-7-16-13/h2-5,7-8,14H,6H2,1H3,(H,15,16). The summed E-state index contributed by atoms with van der Waals surface area (Å²) < 4.78 is 6.89. The molecule has 0 aliphatic rings.